The molecule has 0 saturated carbocycles. The predicted molar refractivity (Wildman–Crippen MR) is 95.9 cm³/mol. The first-order valence-corrected chi connectivity index (χ1v) is 8.77. The SMILES string of the molecule is Cc1onc(-c2ccccc2Cl)c1C(=O)NCC(C)N1CCOCC1. The van der Waals surface area contributed by atoms with Crippen LogP contribution in [0.4, 0.5) is 0 Å². The van der Waals surface area contributed by atoms with Crippen molar-refractivity contribution in [2.24, 2.45) is 0 Å². The summed E-state index contributed by atoms with van der Waals surface area (Å²) in [5.74, 6) is 0.278. The van der Waals surface area contributed by atoms with Gasteiger partial charge < -0.3 is 14.6 Å². The van der Waals surface area contributed by atoms with Crippen LogP contribution >= 0.6 is 11.6 Å². The quantitative estimate of drug-likeness (QED) is 0.884. The van der Waals surface area contributed by atoms with E-state index in [2.05, 4.69) is 22.3 Å². The molecule has 7 heteroatoms. The molecule has 0 bridgehead atoms. The van der Waals surface area contributed by atoms with Crippen molar-refractivity contribution in [1.82, 2.24) is 15.4 Å². The van der Waals surface area contributed by atoms with E-state index < -0.39 is 0 Å². The Labute approximate surface area is 152 Å². The van der Waals surface area contributed by atoms with Crippen LogP contribution in [0.5, 0.6) is 0 Å². The fourth-order valence-corrected chi connectivity index (χ4v) is 3.18. The summed E-state index contributed by atoms with van der Waals surface area (Å²) < 4.78 is 10.6. The van der Waals surface area contributed by atoms with Gasteiger partial charge in [-0.05, 0) is 19.9 Å². The lowest BCUT2D eigenvalue weighted by molar-refractivity contribution is 0.0204. The van der Waals surface area contributed by atoms with Gasteiger partial charge in [0.2, 0.25) is 0 Å². The van der Waals surface area contributed by atoms with Gasteiger partial charge in [0.1, 0.15) is 17.0 Å². The Hall–Kier alpha value is -1.89. The lowest BCUT2D eigenvalue weighted by Crippen LogP contribution is -2.47. The fraction of sp³-hybridized carbons (Fsp3) is 0.444. The Kier molecular flexibility index (Phi) is 5.73. The molecule has 6 nitrogen and oxygen atoms in total. The van der Waals surface area contributed by atoms with Crippen molar-refractivity contribution < 1.29 is 14.1 Å². The maximum atomic E-state index is 12.7. The van der Waals surface area contributed by atoms with E-state index in [4.69, 9.17) is 20.9 Å². The standard InChI is InChI=1S/C18H22ClN3O3/c1-12(22-7-9-24-10-8-22)11-20-18(23)16-13(2)25-21-17(16)14-5-3-4-6-15(14)19/h3-6,12H,7-11H2,1-2H3,(H,20,23). The van der Waals surface area contributed by atoms with Crippen molar-refractivity contribution in [2.45, 2.75) is 19.9 Å². The number of amides is 1. The third-order valence-electron chi connectivity index (χ3n) is 4.45. The molecule has 1 atom stereocenters. The van der Waals surface area contributed by atoms with Gasteiger partial charge in [-0.25, -0.2) is 0 Å². The number of hydrogen-bond donors (Lipinski definition) is 1. The van der Waals surface area contributed by atoms with Gasteiger partial charge in [-0.15, -0.1) is 0 Å². The second-order valence-corrected chi connectivity index (χ2v) is 6.56. The van der Waals surface area contributed by atoms with E-state index in [1.54, 1.807) is 13.0 Å². The van der Waals surface area contributed by atoms with E-state index >= 15 is 0 Å². The Balaban J connectivity index is 1.72. The number of morpholine rings is 1. The van der Waals surface area contributed by atoms with Gasteiger partial charge in [0.15, 0.2) is 0 Å². The molecule has 2 aromatic rings. The highest BCUT2D eigenvalue weighted by molar-refractivity contribution is 6.33. The number of carbonyl (C=O) groups is 1. The molecule has 1 aromatic carbocycles. The summed E-state index contributed by atoms with van der Waals surface area (Å²) in [6, 6.07) is 7.52. The molecule has 1 fully saturated rings. The molecule has 2 heterocycles. The van der Waals surface area contributed by atoms with Crippen molar-refractivity contribution in [3.8, 4) is 11.3 Å². The molecule has 0 radical (unpaired) electrons. The van der Waals surface area contributed by atoms with Crippen molar-refractivity contribution in [3.63, 3.8) is 0 Å². The van der Waals surface area contributed by atoms with Crippen LogP contribution in [0.1, 0.15) is 23.0 Å². The number of aromatic nitrogens is 1. The summed E-state index contributed by atoms with van der Waals surface area (Å²) in [7, 11) is 0. The summed E-state index contributed by atoms with van der Waals surface area (Å²) in [5.41, 5.74) is 1.59. The maximum Gasteiger partial charge on any atom is 0.257 e. The highest BCUT2D eigenvalue weighted by Gasteiger charge is 2.24. The van der Waals surface area contributed by atoms with Crippen LogP contribution < -0.4 is 5.32 Å². The lowest BCUT2D eigenvalue weighted by Gasteiger charge is -2.32. The van der Waals surface area contributed by atoms with Crippen LogP contribution in [0.25, 0.3) is 11.3 Å². The molecule has 1 aromatic heterocycles. The summed E-state index contributed by atoms with van der Waals surface area (Å²) in [4.78, 5) is 15.0. The smallest absolute Gasteiger partial charge is 0.257 e. The molecule has 1 aliphatic heterocycles. The number of ether oxygens (including phenoxy) is 1. The minimum absolute atomic E-state index is 0.200. The van der Waals surface area contributed by atoms with Crippen LogP contribution in [0, 0.1) is 6.92 Å². The Morgan fingerprint density at radius 1 is 1.36 bits per heavy atom. The van der Waals surface area contributed by atoms with Gasteiger partial charge in [0.05, 0.1) is 18.2 Å². The average Bonchev–Trinajstić information content (AvgIpc) is 3.02. The van der Waals surface area contributed by atoms with E-state index in [9.17, 15) is 4.79 Å². The van der Waals surface area contributed by atoms with Gasteiger partial charge in [-0.1, -0.05) is 35.0 Å². The lowest BCUT2D eigenvalue weighted by atomic mass is 10.1. The molecule has 1 amide bonds. The van der Waals surface area contributed by atoms with Gasteiger partial charge in [0, 0.05) is 31.2 Å². The normalized spacial score (nSPS) is 16.6. The second-order valence-electron chi connectivity index (χ2n) is 6.15. The highest BCUT2D eigenvalue weighted by atomic mass is 35.5. The molecule has 25 heavy (non-hydrogen) atoms. The molecule has 1 N–H and O–H groups in total. The first-order chi connectivity index (χ1) is 12.1. The number of halogens is 1. The number of hydrogen-bond acceptors (Lipinski definition) is 5. The summed E-state index contributed by atoms with van der Waals surface area (Å²) in [6.07, 6.45) is 0. The summed E-state index contributed by atoms with van der Waals surface area (Å²) in [5, 5.41) is 7.56. The minimum Gasteiger partial charge on any atom is -0.379 e. The average molecular weight is 364 g/mol. The Bertz CT molecular complexity index is 741. The minimum atomic E-state index is -0.200. The zero-order valence-corrected chi connectivity index (χ0v) is 15.2. The van der Waals surface area contributed by atoms with Crippen molar-refractivity contribution in [2.75, 3.05) is 32.8 Å². The van der Waals surface area contributed by atoms with Crippen LogP contribution in [-0.4, -0.2) is 54.9 Å². The molecule has 1 unspecified atom stereocenters. The molecule has 1 saturated heterocycles. The summed E-state index contributed by atoms with van der Waals surface area (Å²) >= 11 is 6.24. The first kappa shape index (κ1) is 17.9. The van der Waals surface area contributed by atoms with E-state index in [1.807, 2.05) is 18.2 Å². The Morgan fingerprint density at radius 2 is 2.08 bits per heavy atom. The van der Waals surface area contributed by atoms with Crippen LogP contribution in [0.2, 0.25) is 5.02 Å². The molecule has 1 aliphatic rings. The molecular weight excluding hydrogens is 342 g/mol. The van der Waals surface area contributed by atoms with Crippen molar-refractivity contribution >= 4 is 17.5 Å². The first-order valence-electron chi connectivity index (χ1n) is 8.39. The van der Waals surface area contributed by atoms with Gasteiger partial charge in [0.25, 0.3) is 5.91 Å². The number of nitrogens with zero attached hydrogens (tertiary/aromatic N) is 2. The number of aryl methyl sites for hydroxylation is 1. The van der Waals surface area contributed by atoms with Crippen LogP contribution in [-0.2, 0) is 4.74 Å². The number of nitrogens with one attached hydrogen (secondary N) is 1. The monoisotopic (exact) mass is 363 g/mol. The zero-order chi connectivity index (χ0) is 17.8. The molecule has 0 spiro atoms. The van der Waals surface area contributed by atoms with E-state index in [1.165, 1.54) is 0 Å². The van der Waals surface area contributed by atoms with Crippen molar-refractivity contribution in [1.29, 1.82) is 0 Å². The van der Waals surface area contributed by atoms with E-state index in [0.717, 1.165) is 26.3 Å². The fourth-order valence-electron chi connectivity index (χ4n) is 2.95. The zero-order valence-electron chi connectivity index (χ0n) is 14.4. The number of rotatable bonds is 5. The van der Waals surface area contributed by atoms with E-state index in [-0.39, 0.29) is 11.9 Å². The number of benzene rings is 1. The molecular formula is C18H22ClN3O3. The van der Waals surface area contributed by atoms with Crippen molar-refractivity contribution in [3.05, 3.63) is 40.6 Å². The largest absolute Gasteiger partial charge is 0.379 e. The third-order valence-corrected chi connectivity index (χ3v) is 4.78. The molecule has 3 rings (SSSR count). The topological polar surface area (TPSA) is 67.6 Å². The van der Waals surface area contributed by atoms with Gasteiger partial charge in [-0.3, -0.25) is 9.69 Å². The van der Waals surface area contributed by atoms with Gasteiger partial charge >= 0.3 is 0 Å². The summed E-state index contributed by atoms with van der Waals surface area (Å²) in [6.45, 7) is 7.61. The Morgan fingerprint density at radius 3 is 2.80 bits per heavy atom. The highest BCUT2D eigenvalue weighted by Crippen LogP contribution is 2.30. The van der Waals surface area contributed by atoms with Gasteiger partial charge in [-0.2, -0.15) is 0 Å². The van der Waals surface area contributed by atoms with Crippen LogP contribution in [0.15, 0.2) is 28.8 Å². The van der Waals surface area contributed by atoms with Crippen LogP contribution in [0.3, 0.4) is 0 Å². The predicted octanol–water partition coefficient (Wildman–Crippen LogP) is 2.75. The van der Waals surface area contributed by atoms with E-state index in [0.29, 0.717) is 34.1 Å². The third kappa shape index (κ3) is 4.03. The second kappa shape index (κ2) is 7.99. The molecule has 0 aliphatic carbocycles. The maximum absolute atomic E-state index is 12.7. The molecule has 134 valence electrons. The number of carbonyl (C=O) groups excluding carboxylic acids is 1.